The molecule has 1 aliphatic rings. The largest absolute Gasteiger partial charge is 0.444 e. The average Bonchev–Trinajstić information content (AvgIpc) is 3.12. The second-order valence-corrected chi connectivity index (χ2v) is 9.25. The fourth-order valence-electron chi connectivity index (χ4n) is 2.37. The van der Waals surface area contributed by atoms with Gasteiger partial charge in [-0.25, -0.2) is 13.2 Å². The highest BCUT2D eigenvalue weighted by Crippen LogP contribution is 2.44. The molecule has 2 rings (SSSR count). The molecule has 23 heavy (non-hydrogen) atoms. The highest BCUT2D eigenvalue weighted by atomic mass is 35.5. The fraction of sp³-hybridized carbons (Fsp3) is 0.533. The quantitative estimate of drug-likeness (QED) is 0.856. The standard InChI is InChI=1S/C15H21ClN2O4S/c1-14(2,3)22-13(19)18-15(9-17)8-12(15)23(20,21)11-6-4-10(16)5-7-11/h4-7,12H,8-9,17H2,1-3H3,(H,18,19)/t12-,15-/m1/s1. The van der Waals surface area contributed by atoms with E-state index in [1.807, 2.05) is 0 Å². The maximum Gasteiger partial charge on any atom is 0.408 e. The summed E-state index contributed by atoms with van der Waals surface area (Å²) in [6.07, 6.45) is -0.412. The first kappa shape index (κ1) is 18.0. The van der Waals surface area contributed by atoms with E-state index in [0.29, 0.717) is 5.02 Å². The molecule has 1 aromatic rings. The van der Waals surface area contributed by atoms with Gasteiger partial charge in [0.1, 0.15) is 5.60 Å². The van der Waals surface area contributed by atoms with Gasteiger partial charge < -0.3 is 15.8 Å². The summed E-state index contributed by atoms with van der Waals surface area (Å²) in [5, 5.41) is 2.31. The maximum atomic E-state index is 12.7. The number of hydrogen-bond donors (Lipinski definition) is 2. The van der Waals surface area contributed by atoms with E-state index in [1.54, 1.807) is 20.8 Å². The summed E-state index contributed by atoms with van der Waals surface area (Å²) < 4.78 is 30.5. The summed E-state index contributed by atoms with van der Waals surface area (Å²) in [7, 11) is -3.60. The van der Waals surface area contributed by atoms with E-state index in [0.717, 1.165) is 0 Å². The summed E-state index contributed by atoms with van der Waals surface area (Å²) in [5.74, 6) is 0. The third-order valence-electron chi connectivity index (χ3n) is 3.64. The van der Waals surface area contributed by atoms with Crippen molar-refractivity contribution in [3.63, 3.8) is 0 Å². The van der Waals surface area contributed by atoms with Crippen molar-refractivity contribution in [2.75, 3.05) is 6.54 Å². The molecule has 128 valence electrons. The monoisotopic (exact) mass is 360 g/mol. The van der Waals surface area contributed by atoms with Crippen LogP contribution < -0.4 is 11.1 Å². The van der Waals surface area contributed by atoms with Crippen molar-refractivity contribution in [3.05, 3.63) is 29.3 Å². The van der Waals surface area contributed by atoms with Crippen LogP contribution in [0.2, 0.25) is 5.02 Å². The van der Waals surface area contributed by atoms with E-state index in [2.05, 4.69) is 5.32 Å². The summed E-state index contributed by atoms with van der Waals surface area (Å²) in [6.45, 7) is 5.22. The van der Waals surface area contributed by atoms with Crippen molar-refractivity contribution >= 4 is 27.5 Å². The Bertz CT molecular complexity index is 697. The molecule has 0 aliphatic heterocycles. The van der Waals surface area contributed by atoms with Crippen LogP contribution in [0, 0.1) is 0 Å². The molecule has 1 amide bonds. The first-order chi connectivity index (χ1) is 10.5. The Labute approximate surface area is 141 Å². The number of alkyl carbamates (subject to hydrolysis) is 1. The van der Waals surface area contributed by atoms with Gasteiger partial charge in [0.2, 0.25) is 0 Å². The average molecular weight is 361 g/mol. The van der Waals surface area contributed by atoms with Crippen LogP contribution in [-0.4, -0.2) is 37.4 Å². The summed E-state index contributed by atoms with van der Waals surface area (Å²) in [6, 6.07) is 5.93. The molecule has 2 atom stereocenters. The van der Waals surface area contributed by atoms with Crippen LogP contribution in [0.1, 0.15) is 27.2 Å². The number of nitrogens with one attached hydrogen (secondary N) is 1. The smallest absolute Gasteiger partial charge is 0.408 e. The first-order valence-corrected chi connectivity index (χ1v) is 9.13. The SMILES string of the molecule is CC(C)(C)OC(=O)N[C@@]1(CN)C[C@H]1S(=O)(=O)c1ccc(Cl)cc1. The lowest BCUT2D eigenvalue weighted by molar-refractivity contribution is 0.0499. The number of ether oxygens (including phenoxy) is 1. The summed E-state index contributed by atoms with van der Waals surface area (Å²) in [5.41, 5.74) is 4.06. The van der Waals surface area contributed by atoms with Gasteiger partial charge in [-0.1, -0.05) is 11.6 Å². The second-order valence-electron chi connectivity index (χ2n) is 6.68. The third kappa shape index (κ3) is 3.97. The maximum absolute atomic E-state index is 12.7. The number of benzene rings is 1. The fourth-order valence-corrected chi connectivity index (χ4v) is 4.61. The number of carbonyl (C=O) groups is 1. The highest BCUT2D eigenvalue weighted by molar-refractivity contribution is 7.92. The zero-order valence-corrected chi connectivity index (χ0v) is 14.9. The van der Waals surface area contributed by atoms with E-state index in [9.17, 15) is 13.2 Å². The van der Waals surface area contributed by atoms with Crippen LogP contribution in [-0.2, 0) is 14.6 Å². The zero-order chi connectivity index (χ0) is 17.5. The lowest BCUT2D eigenvalue weighted by Gasteiger charge is -2.23. The van der Waals surface area contributed by atoms with Gasteiger partial charge in [-0.05, 0) is 51.5 Å². The van der Waals surface area contributed by atoms with Crippen LogP contribution in [0.25, 0.3) is 0 Å². The molecule has 6 nitrogen and oxygen atoms in total. The minimum Gasteiger partial charge on any atom is -0.444 e. The summed E-state index contributed by atoms with van der Waals surface area (Å²) in [4.78, 5) is 12.1. The van der Waals surface area contributed by atoms with Gasteiger partial charge in [-0.15, -0.1) is 0 Å². The molecule has 1 saturated carbocycles. The minimum absolute atomic E-state index is 0.0176. The van der Waals surface area contributed by atoms with Gasteiger partial charge in [0.05, 0.1) is 15.7 Å². The predicted octanol–water partition coefficient (Wildman–Crippen LogP) is 2.11. The van der Waals surface area contributed by atoms with Crippen LogP contribution in [0.5, 0.6) is 0 Å². The third-order valence-corrected chi connectivity index (χ3v) is 6.18. The van der Waals surface area contributed by atoms with Gasteiger partial charge in [0.25, 0.3) is 0 Å². The predicted molar refractivity (Wildman–Crippen MR) is 88.2 cm³/mol. The topological polar surface area (TPSA) is 98.5 Å². The Morgan fingerprint density at radius 2 is 1.96 bits per heavy atom. The number of halogens is 1. The van der Waals surface area contributed by atoms with E-state index in [-0.39, 0.29) is 17.9 Å². The van der Waals surface area contributed by atoms with Crippen LogP contribution in [0.15, 0.2) is 29.2 Å². The van der Waals surface area contributed by atoms with Gasteiger partial charge >= 0.3 is 6.09 Å². The van der Waals surface area contributed by atoms with Crippen molar-refractivity contribution in [1.82, 2.24) is 5.32 Å². The van der Waals surface area contributed by atoms with Gasteiger partial charge in [-0.3, -0.25) is 0 Å². The Morgan fingerprint density at radius 1 is 1.39 bits per heavy atom. The molecule has 1 aromatic carbocycles. The molecule has 0 bridgehead atoms. The number of sulfone groups is 1. The van der Waals surface area contributed by atoms with Gasteiger partial charge in [0, 0.05) is 11.6 Å². The molecule has 0 saturated heterocycles. The molecule has 0 spiro atoms. The van der Waals surface area contributed by atoms with Gasteiger partial charge in [-0.2, -0.15) is 0 Å². The number of carbonyl (C=O) groups excluding carboxylic acids is 1. The normalized spacial score (nSPS) is 24.1. The molecule has 0 radical (unpaired) electrons. The number of rotatable bonds is 4. The van der Waals surface area contributed by atoms with Crippen molar-refractivity contribution in [2.45, 2.75) is 48.5 Å². The second kappa shape index (κ2) is 5.96. The molecule has 1 fully saturated rings. The van der Waals surface area contributed by atoms with E-state index in [4.69, 9.17) is 22.1 Å². The Morgan fingerprint density at radius 3 is 2.43 bits per heavy atom. The zero-order valence-electron chi connectivity index (χ0n) is 13.3. The van der Waals surface area contributed by atoms with Crippen molar-refractivity contribution in [2.24, 2.45) is 5.73 Å². The molecule has 0 aromatic heterocycles. The molecular weight excluding hydrogens is 340 g/mol. The molecule has 3 N–H and O–H groups in total. The lowest BCUT2D eigenvalue weighted by atomic mass is 10.2. The van der Waals surface area contributed by atoms with Crippen LogP contribution in [0.3, 0.4) is 0 Å². The van der Waals surface area contributed by atoms with Crippen molar-refractivity contribution < 1.29 is 17.9 Å². The molecule has 8 heteroatoms. The first-order valence-electron chi connectivity index (χ1n) is 7.21. The number of amides is 1. The lowest BCUT2D eigenvalue weighted by Crippen LogP contribution is -2.48. The van der Waals surface area contributed by atoms with Gasteiger partial charge in [0.15, 0.2) is 9.84 Å². The van der Waals surface area contributed by atoms with E-state index in [1.165, 1.54) is 24.3 Å². The Balaban J connectivity index is 2.16. The van der Waals surface area contributed by atoms with E-state index < -0.39 is 32.3 Å². The van der Waals surface area contributed by atoms with Crippen molar-refractivity contribution in [3.8, 4) is 0 Å². The number of hydrogen-bond acceptors (Lipinski definition) is 5. The minimum atomic E-state index is -3.60. The number of nitrogens with two attached hydrogens (primary N) is 1. The van der Waals surface area contributed by atoms with Crippen LogP contribution >= 0.6 is 11.6 Å². The van der Waals surface area contributed by atoms with Crippen LogP contribution in [0.4, 0.5) is 4.79 Å². The molecule has 1 aliphatic carbocycles. The van der Waals surface area contributed by atoms with Crippen molar-refractivity contribution in [1.29, 1.82) is 0 Å². The Hall–Kier alpha value is -1.31. The highest BCUT2D eigenvalue weighted by Gasteiger charge is 2.62. The van der Waals surface area contributed by atoms with E-state index >= 15 is 0 Å². The molecular formula is C15H21ClN2O4S. The Kier molecular flexibility index (Phi) is 4.67. The molecule has 0 unspecified atom stereocenters. The molecule has 0 heterocycles. The summed E-state index contributed by atoms with van der Waals surface area (Å²) >= 11 is 5.78.